The Morgan fingerprint density at radius 3 is 2.50 bits per heavy atom. The molecule has 1 amide bonds. The summed E-state index contributed by atoms with van der Waals surface area (Å²) in [5.74, 6) is -0.0655. The number of carbonyl (C=O) groups is 2. The van der Waals surface area contributed by atoms with Crippen LogP contribution in [-0.2, 0) is 16.0 Å². The van der Waals surface area contributed by atoms with Crippen molar-refractivity contribution in [2.45, 2.75) is 33.2 Å². The van der Waals surface area contributed by atoms with Crippen LogP contribution in [0.25, 0.3) is 0 Å². The van der Waals surface area contributed by atoms with Crippen LogP contribution >= 0.6 is 0 Å². The minimum absolute atomic E-state index is 0.0387. The Balaban J connectivity index is 2.08. The van der Waals surface area contributed by atoms with Gasteiger partial charge < -0.3 is 20.5 Å². The molecule has 0 aromatic heterocycles. The number of nitrogens with one attached hydrogen (secondary N) is 1. The minimum Gasteiger partial charge on any atom is -0.493 e. The zero-order chi connectivity index (χ0) is 22.3. The number of carbonyl (C=O) groups excluding carboxylic acids is 2. The topological polar surface area (TPSA) is 90.7 Å². The average molecular weight is 416 g/mol. The molecular formula is C23H29FN2O4. The predicted octanol–water partition coefficient (Wildman–Crippen LogP) is 3.11. The third kappa shape index (κ3) is 6.29. The van der Waals surface area contributed by atoms with Gasteiger partial charge in [0.2, 0.25) is 5.91 Å². The monoisotopic (exact) mass is 416 g/mol. The van der Waals surface area contributed by atoms with E-state index >= 15 is 0 Å². The minimum atomic E-state index is -0.434. The molecular weight excluding hydrogens is 387 g/mol. The molecule has 0 spiro atoms. The van der Waals surface area contributed by atoms with Crippen LogP contribution < -0.4 is 20.5 Å². The summed E-state index contributed by atoms with van der Waals surface area (Å²) in [5.41, 5.74) is 8.35. The number of methoxy groups -OCH3 is 1. The van der Waals surface area contributed by atoms with E-state index in [9.17, 15) is 14.0 Å². The predicted molar refractivity (Wildman–Crippen MR) is 113 cm³/mol. The Hall–Kier alpha value is -2.93. The first-order valence-electron chi connectivity index (χ1n) is 9.80. The van der Waals surface area contributed by atoms with E-state index in [4.69, 9.17) is 15.2 Å². The number of halogens is 1. The second kappa shape index (κ2) is 10.7. The molecule has 162 valence electrons. The molecule has 0 saturated carbocycles. The Bertz CT molecular complexity index is 901. The van der Waals surface area contributed by atoms with Crippen LogP contribution in [0.3, 0.4) is 0 Å². The fraction of sp³-hybridized carbons (Fsp3) is 0.391. The highest BCUT2D eigenvalue weighted by atomic mass is 19.1. The van der Waals surface area contributed by atoms with E-state index in [1.807, 2.05) is 19.9 Å². The third-order valence-corrected chi connectivity index (χ3v) is 4.90. The van der Waals surface area contributed by atoms with Crippen LogP contribution in [0.15, 0.2) is 36.4 Å². The summed E-state index contributed by atoms with van der Waals surface area (Å²) in [5, 5.41) is 2.98. The summed E-state index contributed by atoms with van der Waals surface area (Å²) >= 11 is 0. The fourth-order valence-corrected chi connectivity index (χ4v) is 3.10. The van der Waals surface area contributed by atoms with Crippen LogP contribution in [0.5, 0.6) is 11.5 Å². The summed E-state index contributed by atoms with van der Waals surface area (Å²) in [6.07, 6.45) is 0.433. The van der Waals surface area contributed by atoms with Crippen molar-refractivity contribution in [3.63, 3.8) is 0 Å². The normalized spacial score (nSPS) is 12.7. The molecule has 2 rings (SSSR count). The number of ether oxygens (including phenoxy) is 2. The van der Waals surface area contributed by atoms with Crippen molar-refractivity contribution in [3.8, 4) is 11.5 Å². The maximum atomic E-state index is 13.3. The first-order valence-corrected chi connectivity index (χ1v) is 9.80. The van der Waals surface area contributed by atoms with Gasteiger partial charge in [0.25, 0.3) is 0 Å². The van der Waals surface area contributed by atoms with E-state index in [-0.39, 0.29) is 36.7 Å². The first kappa shape index (κ1) is 23.3. The lowest BCUT2D eigenvalue weighted by atomic mass is 9.95. The Kier molecular flexibility index (Phi) is 8.35. The second-order valence-electron chi connectivity index (χ2n) is 7.34. The molecule has 0 aliphatic rings. The molecule has 0 saturated heterocycles. The number of benzene rings is 2. The second-order valence-corrected chi connectivity index (χ2v) is 7.34. The van der Waals surface area contributed by atoms with Crippen LogP contribution in [0.2, 0.25) is 0 Å². The molecule has 0 fully saturated rings. The van der Waals surface area contributed by atoms with Crippen molar-refractivity contribution in [2.24, 2.45) is 11.7 Å². The summed E-state index contributed by atoms with van der Waals surface area (Å²) in [6, 6.07) is 9.52. The van der Waals surface area contributed by atoms with Gasteiger partial charge in [0, 0.05) is 6.54 Å². The van der Waals surface area contributed by atoms with Gasteiger partial charge in [-0.2, -0.15) is 0 Å². The van der Waals surface area contributed by atoms with Gasteiger partial charge in [-0.25, -0.2) is 4.39 Å². The molecule has 0 aliphatic carbocycles. The maximum absolute atomic E-state index is 13.3. The number of hydrogen-bond donors (Lipinski definition) is 2. The van der Waals surface area contributed by atoms with Gasteiger partial charge in [-0.15, -0.1) is 0 Å². The summed E-state index contributed by atoms with van der Waals surface area (Å²) < 4.78 is 24.1. The molecule has 0 aliphatic heterocycles. The summed E-state index contributed by atoms with van der Waals surface area (Å²) in [7, 11) is 1.51. The number of ketones is 1. The molecule has 0 bridgehead atoms. The highest BCUT2D eigenvalue weighted by molar-refractivity contribution is 5.80. The van der Waals surface area contributed by atoms with E-state index in [0.29, 0.717) is 17.9 Å². The van der Waals surface area contributed by atoms with Crippen molar-refractivity contribution in [2.75, 3.05) is 20.3 Å². The van der Waals surface area contributed by atoms with Crippen molar-refractivity contribution in [3.05, 3.63) is 58.9 Å². The standard InChI is InChI=1S/C23H29FN2O4/c1-14-9-20(24)7-5-17(14)10-19(12-25)23(28)26-16(3)18-6-8-21(22(11-18)29-4)30-13-15(2)27/h5-9,11,16,19H,10,12-13,25H2,1-4H3,(H,26,28). The van der Waals surface area contributed by atoms with Crippen molar-refractivity contribution >= 4 is 11.7 Å². The van der Waals surface area contributed by atoms with Crippen LogP contribution in [0.1, 0.15) is 36.6 Å². The number of hydrogen-bond acceptors (Lipinski definition) is 5. The first-order chi connectivity index (χ1) is 14.2. The lowest BCUT2D eigenvalue weighted by molar-refractivity contribution is -0.125. The Morgan fingerprint density at radius 2 is 1.90 bits per heavy atom. The van der Waals surface area contributed by atoms with Gasteiger partial charge >= 0.3 is 0 Å². The fourth-order valence-electron chi connectivity index (χ4n) is 3.10. The average Bonchev–Trinajstić information content (AvgIpc) is 2.71. The quantitative estimate of drug-likeness (QED) is 0.621. The number of aryl methyl sites for hydroxylation is 1. The highest BCUT2D eigenvalue weighted by Crippen LogP contribution is 2.30. The molecule has 2 aromatic carbocycles. The Morgan fingerprint density at radius 1 is 1.17 bits per heavy atom. The molecule has 7 heteroatoms. The molecule has 2 unspecified atom stereocenters. The molecule has 2 aromatic rings. The zero-order valence-corrected chi connectivity index (χ0v) is 17.8. The van der Waals surface area contributed by atoms with Crippen LogP contribution in [0.4, 0.5) is 4.39 Å². The van der Waals surface area contributed by atoms with Crippen molar-refractivity contribution in [1.82, 2.24) is 5.32 Å². The number of rotatable bonds is 10. The summed E-state index contributed by atoms with van der Waals surface area (Å²) in [6.45, 7) is 5.26. The molecule has 0 heterocycles. The zero-order valence-electron chi connectivity index (χ0n) is 17.8. The molecule has 3 N–H and O–H groups in total. The summed E-state index contributed by atoms with van der Waals surface area (Å²) in [4.78, 5) is 23.9. The largest absolute Gasteiger partial charge is 0.493 e. The van der Waals surface area contributed by atoms with E-state index in [2.05, 4.69) is 5.32 Å². The number of nitrogens with two attached hydrogens (primary N) is 1. The van der Waals surface area contributed by atoms with Gasteiger partial charge in [-0.05, 0) is 68.1 Å². The molecule has 2 atom stereocenters. The van der Waals surface area contributed by atoms with E-state index in [0.717, 1.165) is 16.7 Å². The van der Waals surface area contributed by atoms with Gasteiger partial charge in [-0.3, -0.25) is 9.59 Å². The highest BCUT2D eigenvalue weighted by Gasteiger charge is 2.21. The van der Waals surface area contributed by atoms with E-state index in [1.165, 1.54) is 26.2 Å². The van der Waals surface area contributed by atoms with Gasteiger partial charge in [-0.1, -0.05) is 12.1 Å². The van der Waals surface area contributed by atoms with Crippen molar-refractivity contribution < 1.29 is 23.5 Å². The molecule has 30 heavy (non-hydrogen) atoms. The lowest BCUT2D eigenvalue weighted by Crippen LogP contribution is -2.37. The van der Waals surface area contributed by atoms with E-state index in [1.54, 1.807) is 18.2 Å². The Labute approximate surface area is 176 Å². The molecule has 6 nitrogen and oxygen atoms in total. The van der Waals surface area contributed by atoms with Gasteiger partial charge in [0.1, 0.15) is 12.4 Å². The number of Topliss-reactive ketones (excluding diaryl/α,β-unsaturated/α-hetero) is 1. The third-order valence-electron chi connectivity index (χ3n) is 4.90. The lowest BCUT2D eigenvalue weighted by Gasteiger charge is -2.21. The maximum Gasteiger partial charge on any atom is 0.225 e. The SMILES string of the molecule is COc1cc(C(C)NC(=O)C(CN)Cc2ccc(F)cc2C)ccc1OCC(C)=O. The van der Waals surface area contributed by atoms with E-state index < -0.39 is 5.92 Å². The van der Waals surface area contributed by atoms with Gasteiger partial charge in [0.15, 0.2) is 17.3 Å². The van der Waals surface area contributed by atoms with Crippen LogP contribution in [-0.4, -0.2) is 32.0 Å². The number of amides is 1. The van der Waals surface area contributed by atoms with Gasteiger partial charge in [0.05, 0.1) is 19.1 Å². The molecule has 0 radical (unpaired) electrons. The smallest absolute Gasteiger partial charge is 0.225 e. The van der Waals surface area contributed by atoms with Crippen LogP contribution in [0, 0.1) is 18.7 Å². The van der Waals surface area contributed by atoms with Crippen molar-refractivity contribution in [1.29, 1.82) is 0 Å².